The Morgan fingerprint density at radius 3 is 1.17 bits per heavy atom. The lowest BCUT2D eigenvalue weighted by molar-refractivity contribution is -0.172. The summed E-state index contributed by atoms with van der Waals surface area (Å²) in [4.78, 5) is 42.0. The van der Waals surface area contributed by atoms with Crippen LogP contribution in [0.4, 0.5) is 0 Å². The SMILES string of the molecule is O=C1CC(=O)OC(=O)CC(=O)O1. The Morgan fingerprint density at radius 1 is 0.667 bits per heavy atom. The zero-order chi connectivity index (χ0) is 9.14. The first-order chi connectivity index (χ1) is 5.58. The zero-order valence-corrected chi connectivity index (χ0v) is 5.86. The van der Waals surface area contributed by atoms with Crippen LogP contribution in [0.3, 0.4) is 0 Å². The van der Waals surface area contributed by atoms with E-state index in [0.29, 0.717) is 0 Å². The van der Waals surface area contributed by atoms with Crippen LogP contribution >= 0.6 is 0 Å². The van der Waals surface area contributed by atoms with Crippen LogP contribution < -0.4 is 0 Å². The molecule has 1 saturated heterocycles. The van der Waals surface area contributed by atoms with Gasteiger partial charge in [-0.15, -0.1) is 0 Å². The first kappa shape index (κ1) is 8.38. The molecule has 0 saturated carbocycles. The number of hydrogen-bond donors (Lipinski definition) is 0. The third kappa shape index (κ3) is 2.15. The molecule has 1 aliphatic heterocycles. The van der Waals surface area contributed by atoms with Crippen molar-refractivity contribution < 1.29 is 28.7 Å². The molecule has 6 nitrogen and oxygen atoms in total. The average Bonchev–Trinajstić information content (AvgIpc) is 1.81. The summed E-state index contributed by atoms with van der Waals surface area (Å²) in [7, 11) is 0. The van der Waals surface area contributed by atoms with Gasteiger partial charge in [-0.05, 0) is 0 Å². The summed E-state index contributed by atoms with van der Waals surface area (Å²) in [6.45, 7) is 0. The monoisotopic (exact) mass is 172 g/mol. The minimum atomic E-state index is -1.00. The van der Waals surface area contributed by atoms with Gasteiger partial charge in [-0.1, -0.05) is 0 Å². The van der Waals surface area contributed by atoms with Gasteiger partial charge in [-0.3, -0.25) is 19.2 Å². The van der Waals surface area contributed by atoms with Crippen LogP contribution in [0.15, 0.2) is 0 Å². The Kier molecular flexibility index (Phi) is 2.18. The molecule has 1 aliphatic rings. The lowest BCUT2D eigenvalue weighted by atomic mass is 10.4. The third-order valence-corrected chi connectivity index (χ3v) is 1.03. The highest BCUT2D eigenvalue weighted by molar-refractivity contribution is 6.06. The maximum Gasteiger partial charge on any atom is 0.324 e. The molecule has 0 N–H and O–H groups in total. The van der Waals surface area contributed by atoms with Gasteiger partial charge in [0.25, 0.3) is 0 Å². The minimum Gasteiger partial charge on any atom is -0.392 e. The molecule has 64 valence electrons. The topological polar surface area (TPSA) is 86.7 Å². The molecule has 0 aromatic heterocycles. The van der Waals surface area contributed by atoms with Crippen LogP contribution in [-0.4, -0.2) is 23.9 Å². The van der Waals surface area contributed by atoms with Crippen molar-refractivity contribution in [3.05, 3.63) is 0 Å². The Morgan fingerprint density at radius 2 is 0.917 bits per heavy atom. The molecule has 12 heavy (non-hydrogen) atoms. The van der Waals surface area contributed by atoms with Crippen molar-refractivity contribution in [1.29, 1.82) is 0 Å². The van der Waals surface area contributed by atoms with E-state index in [4.69, 9.17) is 0 Å². The average molecular weight is 172 g/mol. The van der Waals surface area contributed by atoms with Crippen LogP contribution in [0, 0.1) is 0 Å². The summed E-state index contributed by atoms with van der Waals surface area (Å²) in [5, 5.41) is 0. The smallest absolute Gasteiger partial charge is 0.324 e. The molecule has 0 bridgehead atoms. The number of carbonyl (C=O) groups excluding carboxylic acids is 4. The van der Waals surface area contributed by atoms with E-state index >= 15 is 0 Å². The van der Waals surface area contributed by atoms with Crippen molar-refractivity contribution >= 4 is 23.9 Å². The van der Waals surface area contributed by atoms with Crippen LogP contribution in [-0.2, 0) is 28.7 Å². The summed E-state index contributed by atoms with van der Waals surface area (Å²) >= 11 is 0. The molecule has 0 amide bonds. The van der Waals surface area contributed by atoms with E-state index in [9.17, 15) is 19.2 Å². The van der Waals surface area contributed by atoms with E-state index in [-0.39, 0.29) is 0 Å². The Labute approximate surface area is 66.4 Å². The summed E-state index contributed by atoms with van der Waals surface area (Å²) in [6.07, 6.45) is -1.42. The number of ether oxygens (including phenoxy) is 2. The van der Waals surface area contributed by atoms with Gasteiger partial charge in [0.15, 0.2) is 0 Å². The largest absolute Gasteiger partial charge is 0.392 e. The molecule has 0 atom stereocenters. The molecule has 0 spiro atoms. The number of cyclic esters (lactones) is 4. The van der Waals surface area contributed by atoms with E-state index in [2.05, 4.69) is 9.47 Å². The molecule has 0 aromatic rings. The molecule has 0 unspecified atom stereocenters. The van der Waals surface area contributed by atoms with Gasteiger partial charge in [-0.2, -0.15) is 0 Å². The molecule has 1 rings (SSSR count). The van der Waals surface area contributed by atoms with Crippen molar-refractivity contribution in [2.24, 2.45) is 0 Å². The van der Waals surface area contributed by atoms with Gasteiger partial charge < -0.3 is 9.47 Å². The molecule has 0 aliphatic carbocycles. The molecule has 0 aromatic carbocycles. The maximum atomic E-state index is 10.5. The predicted molar refractivity (Wildman–Crippen MR) is 31.4 cm³/mol. The maximum absolute atomic E-state index is 10.5. The van der Waals surface area contributed by atoms with Gasteiger partial charge in [-0.25, -0.2) is 0 Å². The lowest BCUT2D eigenvalue weighted by Crippen LogP contribution is -2.26. The van der Waals surface area contributed by atoms with E-state index < -0.39 is 36.7 Å². The molecular weight excluding hydrogens is 168 g/mol. The quantitative estimate of drug-likeness (QED) is 0.341. The standard InChI is InChI=1S/C6H4O6/c7-3-1-4(8)12-6(10)2-5(9)11-3/h1-2H2. The van der Waals surface area contributed by atoms with Crippen molar-refractivity contribution in [2.45, 2.75) is 12.8 Å². The van der Waals surface area contributed by atoms with Gasteiger partial charge >= 0.3 is 23.9 Å². The zero-order valence-electron chi connectivity index (χ0n) is 5.86. The van der Waals surface area contributed by atoms with Crippen molar-refractivity contribution in [3.8, 4) is 0 Å². The second kappa shape index (κ2) is 3.12. The van der Waals surface area contributed by atoms with Gasteiger partial charge in [0, 0.05) is 0 Å². The first-order valence-electron chi connectivity index (χ1n) is 3.05. The lowest BCUT2D eigenvalue weighted by Gasteiger charge is -2.06. The molecule has 1 fully saturated rings. The van der Waals surface area contributed by atoms with Gasteiger partial charge in [0.1, 0.15) is 12.8 Å². The molecule has 6 heteroatoms. The number of esters is 4. The van der Waals surface area contributed by atoms with E-state index in [1.165, 1.54) is 0 Å². The van der Waals surface area contributed by atoms with E-state index in [0.717, 1.165) is 0 Å². The van der Waals surface area contributed by atoms with Crippen molar-refractivity contribution in [3.63, 3.8) is 0 Å². The number of carbonyl (C=O) groups is 4. The normalized spacial score (nSPS) is 19.3. The van der Waals surface area contributed by atoms with Gasteiger partial charge in [0.05, 0.1) is 0 Å². The Balaban J connectivity index is 2.69. The second-order valence-electron chi connectivity index (χ2n) is 2.05. The number of rotatable bonds is 0. The Hall–Kier alpha value is -1.72. The highest BCUT2D eigenvalue weighted by atomic mass is 16.6. The van der Waals surface area contributed by atoms with Crippen LogP contribution in [0.2, 0.25) is 0 Å². The second-order valence-corrected chi connectivity index (χ2v) is 2.05. The highest BCUT2D eigenvalue weighted by Crippen LogP contribution is 2.01. The first-order valence-corrected chi connectivity index (χ1v) is 3.05. The third-order valence-electron chi connectivity index (χ3n) is 1.03. The Bertz CT molecular complexity index is 193. The molecular formula is C6H4O6. The van der Waals surface area contributed by atoms with Crippen LogP contribution in [0.1, 0.15) is 12.8 Å². The fourth-order valence-corrected chi connectivity index (χ4v) is 0.634. The molecule has 0 radical (unpaired) electrons. The fourth-order valence-electron chi connectivity index (χ4n) is 0.634. The van der Waals surface area contributed by atoms with Crippen LogP contribution in [0.5, 0.6) is 0 Å². The van der Waals surface area contributed by atoms with E-state index in [1.807, 2.05) is 0 Å². The number of hydrogen-bond acceptors (Lipinski definition) is 6. The summed E-state index contributed by atoms with van der Waals surface area (Å²) in [5.74, 6) is -4.01. The molecule has 1 heterocycles. The summed E-state index contributed by atoms with van der Waals surface area (Å²) in [6, 6.07) is 0. The van der Waals surface area contributed by atoms with Crippen LogP contribution in [0.25, 0.3) is 0 Å². The minimum absolute atomic E-state index is 0.711. The van der Waals surface area contributed by atoms with Crippen molar-refractivity contribution in [1.82, 2.24) is 0 Å². The summed E-state index contributed by atoms with van der Waals surface area (Å²) in [5.41, 5.74) is 0. The van der Waals surface area contributed by atoms with Crippen molar-refractivity contribution in [2.75, 3.05) is 0 Å². The highest BCUT2D eigenvalue weighted by Gasteiger charge is 2.25. The fraction of sp³-hybridized carbons (Fsp3) is 0.333. The van der Waals surface area contributed by atoms with Gasteiger partial charge in [0.2, 0.25) is 0 Å². The van der Waals surface area contributed by atoms with E-state index in [1.54, 1.807) is 0 Å². The summed E-state index contributed by atoms with van der Waals surface area (Å²) < 4.78 is 8.06. The predicted octanol–water partition coefficient (Wildman–Crippen LogP) is -1.08.